The van der Waals surface area contributed by atoms with Gasteiger partial charge < -0.3 is 4.74 Å². The first kappa shape index (κ1) is 10.5. The highest BCUT2D eigenvalue weighted by Gasteiger charge is 2.61. The first-order valence-electron chi connectivity index (χ1n) is 6.24. The lowest BCUT2D eigenvalue weighted by Gasteiger charge is -2.41. The third-order valence-corrected chi connectivity index (χ3v) is 11.1. The van der Waals surface area contributed by atoms with E-state index in [1.807, 2.05) is 0 Å². The fourth-order valence-corrected chi connectivity index (χ4v) is 9.00. The van der Waals surface area contributed by atoms with Gasteiger partial charge in [0.15, 0.2) is 0 Å². The third-order valence-electron chi connectivity index (χ3n) is 4.55. The predicted octanol–water partition coefficient (Wildman–Crippen LogP) is 2.92. The van der Waals surface area contributed by atoms with Gasteiger partial charge in [-0.3, -0.25) is 0 Å². The van der Waals surface area contributed by atoms with E-state index in [2.05, 4.69) is 51.1 Å². The zero-order valence-corrected chi connectivity index (χ0v) is 11.4. The molecule has 0 bridgehead atoms. The van der Waals surface area contributed by atoms with Crippen molar-refractivity contribution in [2.45, 2.75) is 50.1 Å². The van der Waals surface area contributed by atoms with Crippen LogP contribution in [0.3, 0.4) is 0 Å². The van der Waals surface area contributed by atoms with Gasteiger partial charge in [0.05, 0.1) is 20.3 Å². The summed E-state index contributed by atoms with van der Waals surface area (Å²) >= 11 is 0. The maximum Gasteiger partial charge on any atom is 0.0972 e. The number of hydrogen-bond donors (Lipinski definition) is 0. The molecule has 0 spiro atoms. The van der Waals surface area contributed by atoms with Crippen LogP contribution in [-0.2, 0) is 4.74 Å². The molecule has 3 rings (SSSR count). The van der Waals surface area contributed by atoms with Gasteiger partial charge in [-0.05, 0) is 17.1 Å². The molecule has 0 amide bonds. The van der Waals surface area contributed by atoms with E-state index >= 15 is 0 Å². The summed E-state index contributed by atoms with van der Waals surface area (Å²) in [6.07, 6.45) is 1.21. The van der Waals surface area contributed by atoms with Crippen LogP contribution >= 0.6 is 0 Å². The van der Waals surface area contributed by atoms with Gasteiger partial charge in [-0.15, -0.1) is 0 Å². The van der Waals surface area contributed by atoms with Crippen LogP contribution in [0.15, 0.2) is 30.3 Å². The van der Waals surface area contributed by atoms with Gasteiger partial charge in [0, 0.05) is 0 Å². The Balaban J connectivity index is 2.04. The Hall–Kier alpha value is -0.603. The van der Waals surface area contributed by atoms with Gasteiger partial charge in [-0.1, -0.05) is 56.3 Å². The fraction of sp³-hybridized carbons (Fsp3) is 0.571. The summed E-state index contributed by atoms with van der Waals surface area (Å²) < 4.78 is 5.66. The number of hydrogen-bond acceptors (Lipinski definition) is 1. The van der Waals surface area contributed by atoms with Crippen molar-refractivity contribution in [3.8, 4) is 0 Å². The zero-order chi connectivity index (χ0) is 11.4. The fourth-order valence-electron chi connectivity index (χ4n) is 3.35. The number of rotatable bonds is 1. The second-order valence-electron chi connectivity index (χ2n) is 6.32. The van der Waals surface area contributed by atoms with Gasteiger partial charge in [0.2, 0.25) is 0 Å². The quantitative estimate of drug-likeness (QED) is 0.536. The minimum Gasteiger partial charge on any atom is -0.370 e. The maximum atomic E-state index is 5.66. The van der Waals surface area contributed by atoms with Crippen LogP contribution < -0.4 is 5.19 Å². The van der Waals surface area contributed by atoms with Crippen molar-refractivity contribution in [1.29, 1.82) is 0 Å². The Morgan fingerprint density at radius 1 is 1.06 bits per heavy atom. The van der Waals surface area contributed by atoms with Crippen LogP contribution in [0.1, 0.15) is 20.8 Å². The molecule has 2 heteroatoms. The van der Waals surface area contributed by atoms with Crippen molar-refractivity contribution in [2.75, 3.05) is 0 Å². The molecular formula is C14H20OSi. The highest BCUT2D eigenvalue weighted by atomic mass is 28.3. The summed E-state index contributed by atoms with van der Waals surface area (Å²) in [6.45, 7) is 7.28. The topological polar surface area (TPSA) is 12.5 Å². The van der Waals surface area contributed by atoms with Gasteiger partial charge in [0.1, 0.15) is 0 Å². The van der Waals surface area contributed by atoms with Gasteiger partial charge in [-0.2, -0.15) is 0 Å². The van der Waals surface area contributed by atoms with Crippen molar-refractivity contribution >= 4 is 13.3 Å². The van der Waals surface area contributed by atoms with E-state index in [0.717, 1.165) is 0 Å². The number of benzene rings is 1. The van der Waals surface area contributed by atoms with E-state index in [9.17, 15) is 0 Å². The van der Waals surface area contributed by atoms with Crippen LogP contribution in [0.5, 0.6) is 0 Å². The van der Waals surface area contributed by atoms with E-state index in [1.165, 1.54) is 12.1 Å². The molecule has 1 nitrogen and oxygen atoms in total. The molecule has 2 fully saturated rings. The SMILES string of the molecule is CC(C)(C)[Si]1(c2ccccc2)C[C@@H]2O[C@@H]2C1. The van der Waals surface area contributed by atoms with E-state index in [1.54, 1.807) is 5.19 Å². The Morgan fingerprint density at radius 2 is 1.62 bits per heavy atom. The maximum absolute atomic E-state index is 5.66. The molecule has 1 aromatic carbocycles. The molecule has 1 aromatic rings. The molecule has 0 aromatic heterocycles. The zero-order valence-electron chi connectivity index (χ0n) is 10.4. The summed E-state index contributed by atoms with van der Waals surface area (Å²) in [4.78, 5) is 0. The molecule has 2 aliphatic heterocycles. The van der Waals surface area contributed by atoms with Crippen LogP contribution in [0, 0.1) is 0 Å². The predicted molar refractivity (Wildman–Crippen MR) is 69.8 cm³/mol. The van der Waals surface area contributed by atoms with Crippen LogP contribution in [0.2, 0.25) is 17.1 Å². The Morgan fingerprint density at radius 3 is 2.12 bits per heavy atom. The van der Waals surface area contributed by atoms with Gasteiger partial charge in [0.25, 0.3) is 0 Å². The van der Waals surface area contributed by atoms with E-state index in [4.69, 9.17) is 4.74 Å². The summed E-state index contributed by atoms with van der Waals surface area (Å²) in [5.41, 5.74) is 0. The second-order valence-corrected chi connectivity index (χ2v) is 11.4. The van der Waals surface area contributed by atoms with Crippen molar-refractivity contribution in [3.05, 3.63) is 30.3 Å². The summed E-state index contributed by atoms with van der Waals surface area (Å²) in [5.74, 6) is 0. The summed E-state index contributed by atoms with van der Waals surface area (Å²) in [7, 11) is -1.35. The standard InChI is InChI=1S/C14H20OSi/c1-14(2,3)16(9-12-13(10-16)15-12)11-7-5-4-6-8-11/h4-8,12-13H,9-10H2,1-3H3/t12-,13+,16?. The van der Waals surface area contributed by atoms with Crippen LogP contribution in [-0.4, -0.2) is 20.3 Å². The van der Waals surface area contributed by atoms with E-state index in [-0.39, 0.29) is 0 Å². The third kappa shape index (κ3) is 1.40. The number of ether oxygens (including phenoxy) is 1. The molecular weight excluding hydrogens is 212 g/mol. The van der Waals surface area contributed by atoms with Crippen molar-refractivity contribution < 1.29 is 4.74 Å². The molecule has 1 unspecified atom stereocenters. The minimum absolute atomic E-state index is 0.450. The van der Waals surface area contributed by atoms with E-state index < -0.39 is 8.07 Å². The van der Waals surface area contributed by atoms with Crippen molar-refractivity contribution in [3.63, 3.8) is 0 Å². The first-order chi connectivity index (χ1) is 7.53. The molecule has 0 radical (unpaired) electrons. The molecule has 2 heterocycles. The molecule has 86 valence electrons. The lowest BCUT2D eigenvalue weighted by molar-refractivity contribution is 0.373. The molecule has 0 saturated carbocycles. The lowest BCUT2D eigenvalue weighted by Crippen LogP contribution is -2.54. The molecule has 16 heavy (non-hydrogen) atoms. The molecule has 2 aliphatic rings. The summed E-state index contributed by atoms with van der Waals surface area (Å²) in [6, 6.07) is 13.9. The number of fused-ring (bicyclic) bond motifs is 1. The monoisotopic (exact) mass is 232 g/mol. The van der Waals surface area contributed by atoms with Crippen molar-refractivity contribution in [1.82, 2.24) is 0 Å². The van der Waals surface area contributed by atoms with Gasteiger partial charge >= 0.3 is 0 Å². The Labute approximate surface area is 98.8 Å². The summed E-state index contributed by atoms with van der Waals surface area (Å²) in [5, 5.41) is 2.09. The van der Waals surface area contributed by atoms with Crippen LogP contribution in [0.25, 0.3) is 0 Å². The van der Waals surface area contributed by atoms with Gasteiger partial charge in [-0.25, -0.2) is 0 Å². The largest absolute Gasteiger partial charge is 0.370 e. The lowest BCUT2D eigenvalue weighted by atomic mass is 10.2. The average molecular weight is 232 g/mol. The van der Waals surface area contributed by atoms with E-state index in [0.29, 0.717) is 17.2 Å². The number of epoxide rings is 1. The highest BCUT2D eigenvalue weighted by Crippen LogP contribution is 2.54. The minimum atomic E-state index is -1.35. The normalized spacial score (nSPS) is 37.2. The molecule has 0 aliphatic carbocycles. The average Bonchev–Trinajstić information content (AvgIpc) is 2.86. The Bertz CT molecular complexity index is 383. The molecule has 0 N–H and O–H groups in total. The van der Waals surface area contributed by atoms with Crippen molar-refractivity contribution in [2.24, 2.45) is 0 Å². The first-order valence-corrected chi connectivity index (χ1v) is 8.65. The molecule has 2 saturated heterocycles. The second kappa shape index (κ2) is 3.20. The smallest absolute Gasteiger partial charge is 0.0972 e. The Kier molecular flexibility index (Phi) is 2.11. The molecule has 3 atom stereocenters. The van der Waals surface area contributed by atoms with Crippen LogP contribution in [0.4, 0.5) is 0 Å². The highest BCUT2D eigenvalue weighted by molar-refractivity contribution is 6.95.